The molecule has 5 nitrogen and oxygen atoms in total. The first-order chi connectivity index (χ1) is 9.60. The summed E-state index contributed by atoms with van der Waals surface area (Å²) in [6.45, 7) is 3.92. The number of thioether (sulfide) groups is 1. The van der Waals surface area contributed by atoms with E-state index in [0.717, 1.165) is 11.4 Å². The molecule has 0 saturated carbocycles. The Bertz CT molecular complexity index is 632. The topological polar surface area (TPSA) is 75.1 Å². The maximum atomic E-state index is 11.2. The van der Waals surface area contributed by atoms with E-state index in [2.05, 4.69) is 15.3 Å². The molecule has 2 rings (SSSR count). The summed E-state index contributed by atoms with van der Waals surface area (Å²) in [6.07, 6.45) is 0. The van der Waals surface area contributed by atoms with Crippen molar-refractivity contribution < 1.29 is 9.90 Å². The van der Waals surface area contributed by atoms with Gasteiger partial charge < -0.3 is 10.4 Å². The van der Waals surface area contributed by atoms with Crippen molar-refractivity contribution >= 4 is 29.2 Å². The summed E-state index contributed by atoms with van der Waals surface area (Å²) in [5, 5.41) is 12.9. The molecule has 20 heavy (non-hydrogen) atoms. The highest BCUT2D eigenvalue weighted by atomic mass is 32.2. The van der Waals surface area contributed by atoms with Crippen LogP contribution in [-0.4, -0.2) is 26.8 Å². The van der Waals surface area contributed by atoms with Crippen LogP contribution in [0.5, 0.6) is 0 Å². The minimum absolute atomic E-state index is 0.216. The third kappa shape index (κ3) is 3.48. The number of hydrogen-bond donors (Lipinski definition) is 2. The normalized spacial score (nSPS) is 10.3. The second-order valence-electron chi connectivity index (χ2n) is 4.09. The Labute approximate surface area is 121 Å². The Morgan fingerprint density at radius 1 is 1.35 bits per heavy atom. The van der Waals surface area contributed by atoms with Crippen molar-refractivity contribution in [3.05, 3.63) is 41.6 Å². The smallest absolute Gasteiger partial charge is 0.337 e. The first-order valence-electron chi connectivity index (χ1n) is 6.18. The van der Waals surface area contributed by atoms with Gasteiger partial charge in [0.1, 0.15) is 5.82 Å². The number of nitrogens with one attached hydrogen (secondary N) is 1. The lowest BCUT2D eigenvalue weighted by Crippen LogP contribution is -2.04. The lowest BCUT2D eigenvalue weighted by molar-refractivity contribution is 0.0698. The van der Waals surface area contributed by atoms with E-state index in [1.807, 2.05) is 13.8 Å². The van der Waals surface area contributed by atoms with Crippen molar-refractivity contribution in [2.24, 2.45) is 0 Å². The maximum absolute atomic E-state index is 11.2. The largest absolute Gasteiger partial charge is 0.478 e. The van der Waals surface area contributed by atoms with Crippen LogP contribution in [0.1, 0.15) is 23.0 Å². The lowest BCUT2D eigenvalue weighted by Gasteiger charge is -2.10. The second kappa shape index (κ2) is 6.38. The number of aryl methyl sites for hydroxylation is 1. The minimum atomic E-state index is -0.970. The van der Waals surface area contributed by atoms with Crippen molar-refractivity contribution in [3.8, 4) is 0 Å². The van der Waals surface area contributed by atoms with Gasteiger partial charge in [0, 0.05) is 11.8 Å². The molecule has 104 valence electrons. The van der Waals surface area contributed by atoms with Gasteiger partial charge in [-0.15, -0.1) is 0 Å². The Morgan fingerprint density at radius 2 is 2.10 bits per heavy atom. The third-order valence-electron chi connectivity index (χ3n) is 2.53. The Kier molecular flexibility index (Phi) is 4.57. The minimum Gasteiger partial charge on any atom is -0.478 e. The number of para-hydroxylation sites is 1. The van der Waals surface area contributed by atoms with Gasteiger partial charge in [0.2, 0.25) is 0 Å². The molecule has 0 unspecified atom stereocenters. The number of aromatic nitrogens is 2. The third-order valence-corrected chi connectivity index (χ3v) is 3.26. The monoisotopic (exact) mass is 289 g/mol. The highest BCUT2D eigenvalue weighted by Crippen LogP contribution is 2.22. The lowest BCUT2D eigenvalue weighted by atomic mass is 10.2. The van der Waals surface area contributed by atoms with Crippen LogP contribution in [0.3, 0.4) is 0 Å². The average molecular weight is 289 g/mol. The number of carboxylic acids is 1. The van der Waals surface area contributed by atoms with Crippen LogP contribution in [0.15, 0.2) is 35.5 Å². The van der Waals surface area contributed by atoms with Crippen molar-refractivity contribution in [1.82, 2.24) is 9.97 Å². The van der Waals surface area contributed by atoms with Gasteiger partial charge in [-0.2, -0.15) is 0 Å². The van der Waals surface area contributed by atoms with Gasteiger partial charge in [0.15, 0.2) is 5.16 Å². The van der Waals surface area contributed by atoms with Gasteiger partial charge in [-0.25, -0.2) is 14.8 Å². The standard InChI is InChI=1S/C14H15N3O2S/c1-3-20-14-15-9(2)8-12(17-14)16-11-7-5-4-6-10(11)13(18)19/h4-8H,3H2,1-2H3,(H,18,19)(H,15,16,17). The summed E-state index contributed by atoms with van der Waals surface area (Å²) in [5.41, 5.74) is 1.57. The second-order valence-corrected chi connectivity index (χ2v) is 5.32. The van der Waals surface area contributed by atoms with E-state index in [9.17, 15) is 4.79 Å². The Morgan fingerprint density at radius 3 is 2.80 bits per heavy atom. The zero-order chi connectivity index (χ0) is 14.5. The molecule has 2 aromatic rings. The molecule has 1 aromatic carbocycles. The maximum Gasteiger partial charge on any atom is 0.337 e. The van der Waals surface area contributed by atoms with E-state index >= 15 is 0 Å². The molecule has 0 aliphatic heterocycles. The van der Waals surface area contributed by atoms with E-state index in [1.165, 1.54) is 0 Å². The van der Waals surface area contributed by atoms with Crippen molar-refractivity contribution in [2.45, 2.75) is 19.0 Å². The molecular formula is C14H15N3O2S. The van der Waals surface area contributed by atoms with Gasteiger partial charge in [0.05, 0.1) is 11.3 Å². The molecule has 0 atom stereocenters. The average Bonchev–Trinajstić information content (AvgIpc) is 2.38. The first-order valence-corrected chi connectivity index (χ1v) is 7.16. The number of rotatable bonds is 5. The van der Waals surface area contributed by atoms with Crippen LogP contribution in [0.2, 0.25) is 0 Å². The molecule has 0 bridgehead atoms. The summed E-state index contributed by atoms with van der Waals surface area (Å²) in [7, 11) is 0. The van der Waals surface area contributed by atoms with Crippen LogP contribution in [0.4, 0.5) is 11.5 Å². The van der Waals surface area contributed by atoms with E-state index < -0.39 is 5.97 Å². The molecule has 1 aromatic heterocycles. The number of carboxylic acid groups (broad SMARTS) is 1. The molecule has 0 spiro atoms. The van der Waals surface area contributed by atoms with Crippen LogP contribution in [0, 0.1) is 6.92 Å². The van der Waals surface area contributed by atoms with E-state index in [-0.39, 0.29) is 5.56 Å². The van der Waals surface area contributed by atoms with Gasteiger partial charge >= 0.3 is 5.97 Å². The van der Waals surface area contributed by atoms with Crippen LogP contribution >= 0.6 is 11.8 Å². The molecule has 6 heteroatoms. The number of aromatic carboxylic acids is 1. The molecule has 0 saturated heterocycles. The molecule has 0 aliphatic carbocycles. The zero-order valence-electron chi connectivity index (χ0n) is 11.3. The van der Waals surface area contributed by atoms with Crippen LogP contribution in [-0.2, 0) is 0 Å². The highest BCUT2D eigenvalue weighted by Gasteiger charge is 2.10. The SMILES string of the molecule is CCSc1nc(C)cc(Nc2ccccc2C(=O)O)n1. The summed E-state index contributed by atoms with van der Waals surface area (Å²) < 4.78 is 0. The Hall–Kier alpha value is -2.08. The molecule has 2 N–H and O–H groups in total. The summed E-state index contributed by atoms with van der Waals surface area (Å²) in [4.78, 5) is 19.9. The van der Waals surface area contributed by atoms with Crippen LogP contribution in [0.25, 0.3) is 0 Å². The van der Waals surface area contributed by atoms with Gasteiger partial charge in [-0.3, -0.25) is 0 Å². The quantitative estimate of drug-likeness (QED) is 0.649. The summed E-state index contributed by atoms with van der Waals surface area (Å²) in [6, 6.07) is 8.54. The fraction of sp³-hybridized carbons (Fsp3) is 0.214. The van der Waals surface area contributed by atoms with Gasteiger partial charge in [-0.1, -0.05) is 30.8 Å². The number of nitrogens with zero attached hydrogens (tertiary/aromatic N) is 2. The van der Waals surface area contributed by atoms with Crippen molar-refractivity contribution in [3.63, 3.8) is 0 Å². The summed E-state index contributed by atoms with van der Waals surface area (Å²) in [5.74, 6) is 0.512. The number of benzene rings is 1. The van der Waals surface area contributed by atoms with E-state index in [0.29, 0.717) is 16.7 Å². The molecular weight excluding hydrogens is 274 g/mol. The predicted molar refractivity (Wildman–Crippen MR) is 79.9 cm³/mol. The molecule has 1 heterocycles. The summed E-state index contributed by atoms with van der Waals surface area (Å²) >= 11 is 1.55. The fourth-order valence-corrected chi connectivity index (χ4v) is 2.35. The van der Waals surface area contributed by atoms with Gasteiger partial charge in [0.25, 0.3) is 0 Å². The van der Waals surface area contributed by atoms with Crippen molar-refractivity contribution in [1.29, 1.82) is 0 Å². The van der Waals surface area contributed by atoms with Crippen molar-refractivity contribution in [2.75, 3.05) is 11.1 Å². The predicted octanol–water partition coefficient (Wildman–Crippen LogP) is 3.34. The van der Waals surface area contributed by atoms with Crippen LogP contribution < -0.4 is 5.32 Å². The first kappa shape index (κ1) is 14.3. The van der Waals surface area contributed by atoms with Gasteiger partial charge in [-0.05, 0) is 24.8 Å². The van der Waals surface area contributed by atoms with E-state index in [1.54, 1.807) is 42.1 Å². The Balaban J connectivity index is 2.32. The molecule has 0 aliphatic rings. The fourth-order valence-electron chi connectivity index (χ4n) is 1.72. The molecule has 0 amide bonds. The number of hydrogen-bond acceptors (Lipinski definition) is 5. The number of anilines is 2. The zero-order valence-corrected chi connectivity index (χ0v) is 12.1. The molecule has 0 fully saturated rings. The van der Waals surface area contributed by atoms with E-state index in [4.69, 9.17) is 5.11 Å². The highest BCUT2D eigenvalue weighted by molar-refractivity contribution is 7.99. The number of carbonyl (C=O) groups is 1. The molecule has 0 radical (unpaired) electrons.